The number of ether oxygens (including phenoxy) is 1. The lowest BCUT2D eigenvalue weighted by Gasteiger charge is -2.24. The van der Waals surface area contributed by atoms with Crippen molar-refractivity contribution in [2.24, 2.45) is 0 Å². The third kappa shape index (κ3) is 45.7. The van der Waals surface area contributed by atoms with Gasteiger partial charge in [0.15, 0.2) is 0 Å². The molecule has 0 radical (unpaired) electrons. The first-order chi connectivity index (χ1) is 31.0. The van der Waals surface area contributed by atoms with Gasteiger partial charge < -0.3 is 20.3 Å². The molecule has 6 nitrogen and oxygen atoms in total. The highest BCUT2D eigenvalue weighted by molar-refractivity contribution is 5.77. The number of amides is 1. The van der Waals surface area contributed by atoms with Gasteiger partial charge in [0.2, 0.25) is 5.91 Å². The number of hydrogen-bond acceptors (Lipinski definition) is 5. The Morgan fingerprint density at radius 1 is 0.476 bits per heavy atom. The Labute approximate surface area is 390 Å². The van der Waals surface area contributed by atoms with E-state index in [-0.39, 0.29) is 24.9 Å². The molecule has 0 aliphatic carbocycles. The van der Waals surface area contributed by atoms with Crippen LogP contribution in [0.2, 0.25) is 0 Å². The zero-order valence-corrected chi connectivity index (χ0v) is 41.4. The number of nitrogens with one attached hydrogen (secondary N) is 1. The summed E-state index contributed by atoms with van der Waals surface area (Å²) in [6.45, 7) is 6.32. The Morgan fingerprint density at radius 3 is 1.37 bits per heavy atom. The molecule has 0 saturated heterocycles. The summed E-state index contributed by atoms with van der Waals surface area (Å²) in [4.78, 5) is 26.2. The van der Waals surface area contributed by atoms with Gasteiger partial charge in [-0.25, -0.2) is 0 Å². The van der Waals surface area contributed by atoms with Crippen LogP contribution in [0.3, 0.4) is 0 Å². The molecule has 0 aliphatic heterocycles. The average molecular weight is 880 g/mol. The van der Waals surface area contributed by atoms with Crippen LogP contribution < -0.4 is 5.32 Å². The molecular weight excluding hydrogens is 779 g/mol. The maximum Gasteiger partial charge on any atom is 0.306 e. The molecule has 1 amide bonds. The second-order valence-electron chi connectivity index (χ2n) is 17.9. The summed E-state index contributed by atoms with van der Waals surface area (Å²) in [5.41, 5.74) is 0. The molecule has 0 rings (SSSR count). The molecule has 63 heavy (non-hydrogen) atoms. The van der Waals surface area contributed by atoms with E-state index in [9.17, 15) is 19.8 Å². The van der Waals surface area contributed by atoms with Gasteiger partial charge in [0.25, 0.3) is 0 Å². The van der Waals surface area contributed by atoms with E-state index in [1.54, 1.807) is 0 Å². The molecule has 0 spiro atoms. The number of aliphatic hydroxyl groups excluding tert-OH is 2. The molecule has 0 aromatic heterocycles. The highest BCUT2D eigenvalue weighted by atomic mass is 16.5. The van der Waals surface area contributed by atoms with E-state index >= 15 is 0 Å². The molecule has 0 aliphatic rings. The van der Waals surface area contributed by atoms with Gasteiger partial charge in [0.05, 0.1) is 25.2 Å². The molecule has 0 fully saturated rings. The maximum atomic E-state index is 13.2. The molecule has 0 bridgehead atoms. The number of esters is 1. The second kappa shape index (κ2) is 50.3. The van der Waals surface area contributed by atoms with Gasteiger partial charge in [0.1, 0.15) is 6.10 Å². The molecule has 3 N–H and O–H groups in total. The summed E-state index contributed by atoms with van der Waals surface area (Å²) in [6, 6.07) is -0.721. The quantitative estimate of drug-likeness (QED) is 0.0321. The van der Waals surface area contributed by atoms with Crippen molar-refractivity contribution in [1.29, 1.82) is 0 Å². The van der Waals surface area contributed by atoms with Crippen molar-refractivity contribution in [2.45, 2.75) is 270 Å². The van der Waals surface area contributed by atoms with Gasteiger partial charge in [-0.05, 0) is 89.9 Å². The lowest BCUT2D eigenvalue weighted by molar-refractivity contribution is -0.151. The SMILES string of the molecule is CC/C=C/C/C=C/C/C=C/C/C=C/CCCC(CC(=O)NC(CO)C(O)CCCCCCCCCCCCC)OC(=O)CCCCCCCCCCC/C=C\C/C=C\CCCCC. The standard InChI is InChI=1S/C57H101NO5/c1-4-7-10-13-16-19-22-24-26-27-28-29-30-32-35-38-41-44-47-50-57(62)63-53(48-45-42-39-36-34-31-25-23-20-17-14-11-8-5-2)51-56(61)58-54(52-59)55(60)49-46-43-40-37-33-21-18-15-12-9-6-3/h8,11,16-17,19-20,24-26,31,36,39,53-55,59-60H,4-7,9-10,12-15,18,21-23,27-30,32-35,37-38,40-52H2,1-3H3,(H,58,61)/b11-8+,19-16-,20-17+,26-24-,31-25+,39-36+. The highest BCUT2D eigenvalue weighted by Crippen LogP contribution is 2.17. The molecular formula is C57H101NO5. The van der Waals surface area contributed by atoms with E-state index in [0.29, 0.717) is 19.3 Å². The van der Waals surface area contributed by atoms with Crippen LogP contribution in [0.5, 0.6) is 0 Å². The van der Waals surface area contributed by atoms with Gasteiger partial charge >= 0.3 is 5.97 Å². The number of allylic oxidation sites excluding steroid dienone is 12. The van der Waals surface area contributed by atoms with E-state index in [1.807, 2.05) is 0 Å². The van der Waals surface area contributed by atoms with E-state index in [2.05, 4.69) is 99.0 Å². The summed E-state index contributed by atoms with van der Waals surface area (Å²) >= 11 is 0. The van der Waals surface area contributed by atoms with E-state index in [1.165, 1.54) is 122 Å². The number of hydrogen-bond donors (Lipinski definition) is 3. The minimum absolute atomic E-state index is 0.0361. The van der Waals surface area contributed by atoms with Crippen LogP contribution >= 0.6 is 0 Å². The van der Waals surface area contributed by atoms with Crippen LogP contribution in [0.25, 0.3) is 0 Å². The predicted molar refractivity (Wildman–Crippen MR) is 273 cm³/mol. The molecule has 0 saturated carbocycles. The van der Waals surface area contributed by atoms with Crippen LogP contribution in [0.1, 0.15) is 252 Å². The number of carbonyl (C=O) groups excluding carboxylic acids is 2. The predicted octanol–water partition coefficient (Wildman–Crippen LogP) is 16.2. The third-order valence-electron chi connectivity index (χ3n) is 11.8. The first-order valence-corrected chi connectivity index (χ1v) is 26.7. The van der Waals surface area contributed by atoms with Crippen LogP contribution in [-0.2, 0) is 14.3 Å². The molecule has 3 atom stereocenters. The zero-order chi connectivity index (χ0) is 45.9. The number of unbranched alkanes of at least 4 members (excludes halogenated alkanes) is 23. The Bertz CT molecular complexity index is 1170. The van der Waals surface area contributed by atoms with Gasteiger partial charge in [-0.3, -0.25) is 9.59 Å². The first-order valence-electron chi connectivity index (χ1n) is 26.7. The second-order valence-corrected chi connectivity index (χ2v) is 17.9. The summed E-state index contributed by atoms with van der Waals surface area (Å²) in [5.74, 6) is -0.533. The molecule has 0 aromatic rings. The van der Waals surface area contributed by atoms with Crippen molar-refractivity contribution < 1.29 is 24.5 Å². The normalized spacial score (nSPS) is 13.8. The molecule has 0 aromatic carbocycles. The van der Waals surface area contributed by atoms with Gasteiger partial charge in [0, 0.05) is 6.42 Å². The fourth-order valence-electron chi connectivity index (χ4n) is 7.75. The Hall–Kier alpha value is -2.70. The summed E-state index contributed by atoms with van der Waals surface area (Å²) in [5, 5.41) is 23.7. The fraction of sp³-hybridized carbons (Fsp3) is 0.754. The monoisotopic (exact) mass is 880 g/mol. The maximum absolute atomic E-state index is 13.2. The Balaban J connectivity index is 4.62. The molecule has 0 heterocycles. The lowest BCUT2D eigenvalue weighted by atomic mass is 10.0. The molecule has 6 heteroatoms. The fourth-order valence-corrected chi connectivity index (χ4v) is 7.75. The summed E-state index contributed by atoms with van der Waals surface area (Å²) < 4.78 is 5.91. The van der Waals surface area contributed by atoms with Crippen LogP contribution in [0, 0.1) is 0 Å². The number of rotatable bonds is 47. The van der Waals surface area contributed by atoms with Gasteiger partial charge in [-0.2, -0.15) is 0 Å². The topological polar surface area (TPSA) is 95.9 Å². The minimum atomic E-state index is -0.804. The van der Waals surface area contributed by atoms with E-state index in [0.717, 1.165) is 83.5 Å². The van der Waals surface area contributed by atoms with Gasteiger partial charge in [-0.1, -0.05) is 222 Å². The third-order valence-corrected chi connectivity index (χ3v) is 11.8. The van der Waals surface area contributed by atoms with Crippen LogP contribution in [-0.4, -0.2) is 46.9 Å². The van der Waals surface area contributed by atoms with Crippen molar-refractivity contribution in [3.8, 4) is 0 Å². The highest BCUT2D eigenvalue weighted by Gasteiger charge is 2.24. The van der Waals surface area contributed by atoms with Crippen molar-refractivity contribution in [3.05, 3.63) is 72.9 Å². The zero-order valence-electron chi connectivity index (χ0n) is 41.4. The lowest BCUT2D eigenvalue weighted by Crippen LogP contribution is -2.46. The van der Waals surface area contributed by atoms with Gasteiger partial charge in [-0.15, -0.1) is 0 Å². The molecule has 364 valence electrons. The van der Waals surface area contributed by atoms with E-state index in [4.69, 9.17) is 4.74 Å². The van der Waals surface area contributed by atoms with Crippen molar-refractivity contribution in [1.82, 2.24) is 5.32 Å². The smallest absolute Gasteiger partial charge is 0.306 e. The Kier molecular flexibility index (Phi) is 48.1. The average Bonchev–Trinajstić information content (AvgIpc) is 3.28. The van der Waals surface area contributed by atoms with Crippen molar-refractivity contribution in [3.63, 3.8) is 0 Å². The number of aliphatic hydroxyl groups is 2. The van der Waals surface area contributed by atoms with Crippen molar-refractivity contribution >= 4 is 11.9 Å². The number of carbonyl (C=O) groups is 2. The Morgan fingerprint density at radius 2 is 0.873 bits per heavy atom. The largest absolute Gasteiger partial charge is 0.462 e. The summed E-state index contributed by atoms with van der Waals surface area (Å²) in [7, 11) is 0. The minimum Gasteiger partial charge on any atom is -0.462 e. The molecule has 3 unspecified atom stereocenters. The van der Waals surface area contributed by atoms with Crippen LogP contribution in [0.15, 0.2) is 72.9 Å². The van der Waals surface area contributed by atoms with E-state index < -0.39 is 18.2 Å². The van der Waals surface area contributed by atoms with Crippen molar-refractivity contribution in [2.75, 3.05) is 6.61 Å². The first kappa shape index (κ1) is 60.3. The van der Waals surface area contributed by atoms with Crippen LogP contribution in [0.4, 0.5) is 0 Å². The summed E-state index contributed by atoms with van der Waals surface area (Å²) in [6.07, 6.45) is 64.0.